The number of anilines is 3. The highest BCUT2D eigenvalue weighted by molar-refractivity contribution is 5.77. The second-order valence-electron chi connectivity index (χ2n) is 9.35. The lowest BCUT2D eigenvalue weighted by atomic mass is 9.95. The third-order valence-electron chi connectivity index (χ3n) is 6.66. The third kappa shape index (κ3) is 8.17. The van der Waals surface area contributed by atoms with E-state index in [1.807, 2.05) is 4.90 Å². The highest BCUT2D eigenvalue weighted by Crippen LogP contribution is 2.36. The summed E-state index contributed by atoms with van der Waals surface area (Å²) in [6, 6.07) is 9.29. The van der Waals surface area contributed by atoms with Gasteiger partial charge in [0.15, 0.2) is 0 Å². The first-order chi connectivity index (χ1) is 17.9. The van der Waals surface area contributed by atoms with Gasteiger partial charge < -0.3 is 26.0 Å². The Morgan fingerprint density at radius 2 is 1.50 bits per heavy atom. The number of aliphatic hydroxyl groups is 1. The van der Waals surface area contributed by atoms with E-state index in [9.17, 15) is 31.1 Å². The van der Waals surface area contributed by atoms with Gasteiger partial charge in [0, 0.05) is 49.3 Å². The molecule has 2 aromatic carbocycles. The average molecular weight is 547 g/mol. The van der Waals surface area contributed by atoms with Crippen molar-refractivity contribution in [2.24, 2.45) is 0 Å². The molecule has 0 spiro atoms. The van der Waals surface area contributed by atoms with Crippen molar-refractivity contribution in [1.29, 1.82) is 0 Å². The number of halogens is 6. The fourth-order valence-corrected chi connectivity index (χ4v) is 4.55. The fourth-order valence-electron chi connectivity index (χ4n) is 4.55. The maximum Gasteiger partial charge on any atom is 0.418 e. The summed E-state index contributed by atoms with van der Waals surface area (Å²) >= 11 is 0. The number of piperazine rings is 1. The Hall–Kier alpha value is -3.15. The number of carbonyl (C=O) groups excluding carboxylic acids is 1. The van der Waals surface area contributed by atoms with Crippen molar-refractivity contribution in [3.8, 4) is 0 Å². The zero-order valence-electron chi connectivity index (χ0n) is 20.8. The Labute approximate surface area is 217 Å². The minimum Gasteiger partial charge on any atom is -0.398 e. The number of nitrogens with zero attached hydrogens (tertiary/aromatic N) is 2. The number of aliphatic hydroxyl groups excluding tert-OH is 1. The van der Waals surface area contributed by atoms with E-state index in [4.69, 9.17) is 10.8 Å². The van der Waals surface area contributed by atoms with E-state index < -0.39 is 30.1 Å². The highest BCUT2D eigenvalue weighted by atomic mass is 19.4. The summed E-state index contributed by atoms with van der Waals surface area (Å²) in [6.45, 7) is 1.48. The molecule has 4 N–H and O–H groups in total. The van der Waals surface area contributed by atoms with Crippen LogP contribution in [0, 0.1) is 0 Å². The molecule has 12 heteroatoms. The van der Waals surface area contributed by atoms with E-state index in [0.29, 0.717) is 37.6 Å². The summed E-state index contributed by atoms with van der Waals surface area (Å²) < 4.78 is 75.5. The van der Waals surface area contributed by atoms with Crippen LogP contribution in [0.2, 0.25) is 0 Å². The van der Waals surface area contributed by atoms with E-state index in [2.05, 4.69) is 5.32 Å². The highest BCUT2D eigenvalue weighted by Gasteiger charge is 2.33. The summed E-state index contributed by atoms with van der Waals surface area (Å²) in [4.78, 5) is 14.8. The first-order valence-corrected chi connectivity index (χ1v) is 12.4. The van der Waals surface area contributed by atoms with Crippen molar-refractivity contribution in [2.75, 3.05) is 48.7 Å². The van der Waals surface area contributed by atoms with Crippen LogP contribution in [0.3, 0.4) is 0 Å². The standard InChI is InChI=1S/C13H15F3N2O2.C13H17F3N2/c14-13(15,16)10-1-3-11(4-2-10)17-5-7-18(8-6-17)12(20)9-19;14-13(15,16)11-8-10(6-7-12(11)17)18-9-4-2-1-3-5-9/h1-4,19H,5-9H2;6-9,18H,1-5,17H2. The van der Waals surface area contributed by atoms with Gasteiger partial charge >= 0.3 is 12.4 Å². The number of hydrogen-bond acceptors (Lipinski definition) is 5. The number of benzene rings is 2. The molecule has 1 aliphatic carbocycles. The number of rotatable bonds is 4. The molecule has 1 amide bonds. The largest absolute Gasteiger partial charge is 0.418 e. The maximum atomic E-state index is 12.7. The lowest BCUT2D eigenvalue weighted by molar-refractivity contribution is -0.138. The zero-order valence-corrected chi connectivity index (χ0v) is 20.8. The molecule has 1 aliphatic heterocycles. The molecule has 2 aliphatic rings. The van der Waals surface area contributed by atoms with Gasteiger partial charge in [0.2, 0.25) is 5.91 Å². The van der Waals surface area contributed by atoms with E-state index in [0.717, 1.165) is 43.9 Å². The summed E-state index contributed by atoms with van der Waals surface area (Å²) in [5, 5.41) is 11.9. The van der Waals surface area contributed by atoms with Gasteiger partial charge in [-0.25, -0.2) is 0 Å². The molecular formula is C26H32F6N4O2. The molecule has 1 saturated carbocycles. The summed E-state index contributed by atoms with van der Waals surface area (Å²) in [6.07, 6.45) is -3.19. The Morgan fingerprint density at radius 3 is 2.03 bits per heavy atom. The van der Waals surface area contributed by atoms with Gasteiger partial charge in [-0.2, -0.15) is 26.3 Å². The molecule has 38 heavy (non-hydrogen) atoms. The molecule has 1 heterocycles. The molecule has 0 aromatic heterocycles. The van der Waals surface area contributed by atoms with Gasteiger partial charge in [-0.05, 0) is 55.3 Å². The van der Waals surface area contributed by atoms with Crippen molar-refractivity contribution >= 4 is 23.0 Å². The molecule has 1 saturated heterocycles. The Balaban J connectivity index is 0.000000212. The van der Waals surface area contributed by atoms with Crippen LogP contribution in [0.25, 0.3) is 0 Å². The van der Waals surface area contributed by atoms with E-state index in [-0.39, 0.29) is 17.6 Å². The van der Waals surface area contributed by atoms with Gasteiger partial charge in [-0.15, -0.1) is 0 Å². The minimum absolute atomic E-state index is 0.225. The molecular weight excluding hydrogens is 514 g/mol. The molecule has 4 rings (SSSR count). The summed E-state index contributed by atoms with van der Waals surface area (Å²) in [5.74, 6) is -0.322. The number of nitrogens with two attached hydrogens (primary N) is 1. The van der Waals surface area contributed by atoms with Crippen LogP contribution < -0.4 is 16.0 Å². The molecule has 6 nitrogen and oxygen atoms in total. The van der Waals surface area contributed by atoms with Crippen LogP contribution >= 0.6 is 0 Å². The number of amides is 1. The van der Waals surface area contributed by atoms with E-state index in [1.165, 1.54) is 24.6 Å². The molecule has 0 atom stereocenters. The number of nitrogen functional groups attached to an aromatic ring is 1. The molecule has 2 aromatic rings. The normalized spacial score (nSPS) is 17.0. The van der Waals surface area contributed by atoms with Crippen LogP contribution in [0.1, 0.15) is 43.2 Å². The minimum atomic E-state index is -4.39. The van der Waals surface area contributed by atoms with Crippen LogP contribution in [0.5, 0.6) is 0 Å². The van der Waals surface area contributed by atoms with Gasteiger partial charge in [-0.1, -0.05) is 19.3 Å². The topological polar surface area (TPSA) is 81.8 Å². The van der Waals surface area contributed by atoms with Gasteiger partial charge in [0.05, 0.1) is 11.1 Å². The second-order valence-corrected chi connectivity index (χ2v) is 9.35. The number of alkyl halides is 6. The first kappa shape index (κ1) is 29.4. The summed E-state index contributed by atoms with van der Waals surface area (Å²) in [5.41, 5.74) is 4.91. The molecule has 210 valence electrons. The molecule has 0 unspecified atom stereocenters. The monoisotopic (exact) mass is 546 g/mol. The van der Waals surface area contributed by atoms with Crippen LogP contribution in [0.4, 0.5) is 43.4 Å². The number of hydrogen-bond donors (Lipinski definition) is 3. The lowest BCUT2D eigenvalue weighted by Gasteiger charge is -2.36. The summed E-state index contributed by atoms with van der Waals surface area (Å²) in [7, 11) is 0. The van der Waals surface area contributed by atoms with Gasteiger partial charge in [0.25, 0.3) is 0 Å². The smallest absolute Gasteiger partial charge is 0.398 e. The van der Waals surface area contributed by atoms with Crippen LogP contribution in [-0.4, -0.2) is 54.7 Å². The fraction of sp³-hybridized carbons (Fsp3) is 0.500. The van der Waals surface area contributed by atoms with Crippen molar-refractivity contribution in [2.45, 2.75) is 50.5 Å². The van der Waals surface area contributed by atoms with Crippen LogP contribution in [0.15, 0.2) is 42.5 Å². The quantitative estimate of drug-likeness (QED) is 0.355. The first-order valence-electron chi connectivity index (χ1n) is 12.4. The number of nitrogens with one attached hydrogen (secondary N) is 1. The average Bonchev–Trinajstić information content (AvgIpc) is 2.89. The molecule has 2 fully saturated rings. The Bertz CT molecular complexity index is 1050. The Kier molecular flexibility index (Phi) is 9.75. The van der Waals surface area contributed by atoms with Gasteiger partial charge in [0.1, 0.15) is 6.61 Å². The molecule has 0 bridgehead atoms. The molecule has 0 radical (unpaired) electrons. The third-order valence-corrected chi connectivity index (χ3v) is 6.66. The van der Waals surface area contributed by atoms with Crippen molar-refractivity contribution in [1.82, 2.24) is 4.90 Å². The van der Waals surface area contributed by atoms with E-state index >= 15 is 0 Å². The SMILES string of the molecule is Nc1ccc(NC2CCCCC2)cc1C(F)(F)F.O=C(CO)N1CCN(c2ccc(C(F)(F)F)cc2)CC1. The van der Waals surface area contributed by atoms with Crippen molar-refractivity contribution < 1.29 is 36.2 Å². The van der Waals surface area contributed by atoms with Crippen molar-refractivity contribution in [3.63, 3.8) is 0 Å². The lowest BCUT2D eigenvalue weighted by Crippen LogP contribution is -2.49. The number of carbonyl (C=O) groups is 1. The second kappa shape index (κ2) is 12.6. The predicted molar refractivity (Wildman–Crippen MR) is 134 cm³/mol. The predicted octanol–water partition coefficient (Wildman–Crippen LogP) is 5.38. The van der Waals surface area contributed by atoms with E-state index in [1.54, 1.807) is 11.0 Å². The van der Waals surface area contributed by atoms with Crippen LogP contribution in [-0.2, 0) is 17.1 Å². The zero-order chi connectivity index (χ0) is 27.9. The maximum absolute atomic E-state index is 12.7. The Morgan fingerprint density at radius 1 is 0.895 bits per heavy atom. The van der Waals surface area contributed by atoms with Gasteiger partial charge in [-0.3, -0.25) is 4.79 Å². The van der Waals surface area contributed by atoms with Crippen molar-refractivity contribution in [3.05, 3.63) is 53.6 Å².